The summed E-state index contributed by atoms with van der Waals surface area (Å²) >= 11 is 1.70. The summed E-state index contributed by atoms with van der Waals surface area (Å²) in [6.45, 7) is 8.84. The fraction of sp³-hybridized carbons (Fsp3) is 0.706. The Labute approximate surface area is 131 Å². The quantitative estimate of drug-likeness (QED) is 0.898. The van der Waals surface area contributed by atoms with Gasteiger partial charge in [0.15, 0.2) is 0 Å². The lowest BCUT2D eigenvalue weighted by atomic mass is 9.94. The summed E-state index contributed by atoms with van der Waals surface area (Å²) in [6, 6.07) is 2.11. The topological polar surface area (TPSA) is 32.3 Å². The van der Waals surface area contributed by atoms with Crippen LogP contribution in [-0.2, 0) is 4.79 Å². The lowest BCUT2D eigenvalue weighted by molar-refractivity contribution is -0.136. The molecule has 1 aromatic rings. The van der Waals surface area contributed by atoms with Crippen LogP contribution >= 0.6 is 11.3 Å². The van der Waals surface area contributed by atoms with Gasteiger partial charge in [0, 0.05) is 5.54 Å². The molecular weight excluding hydrogens is 280 g/mol. The maximum Gasteiger partial charge on any atom is 0.241 e. The molecule has 116 valence electrons. The molecule has 3 nitrogen and oxygen atoms in total. The van der Waals surface area contributed by atoms with Gasteiger partial charge in [-0.2, -0.15) is 11.3 Å². The van der Waals surface area contributed by atoms with Crippen molar-refractivity contribution in [1.82, 2.24) is 10.2 Å². The molecule has 0 bridgehead atoms. The van der Waals surface area contributed by atoms with Crippen molar-refractivity contribution in [3.05, 3.63) is 22.4 Å². The summed E-state index contributed by atoms with van der Waals surface area (Å²) in [6.07, 6.45) is 3.46. The minimum Gasteiger partial charge on any atom is -0.316 e. The fourth-order valence-corrected chi connectivity index (χ4v) is 4.23. The Morgan fingerprint density at radius 2 is 2.14 bits per heavy atom. The first-order valence-electron chi connectivity index (χ1n) is 8.02. The van der Waals surface area contributed by atoms with E-state index in [1.807, 2.05) is 0 Å². The van der Waals surface area contributed by atoms with Crippen LogP contribution in [0.2, 0.25) is 0 Å². The van der Waals surface area contributed by atoms with E-state index in [0.717, 1.165) is 6.42 Å². The van der Waals surface area contributed by atoms with Crippen molar-refractivity contribution in [1.29, 1.82) is 0 Å². The zero-order valence-corrected chi connectivity index (χ0v) is 14.2. The molecule has 0 aromatic carbocycles. The molecular formula is C17H26N2OS. The van der Waals surface area contributed by atoms with Gasteiger partial charge in [0.2, 0.25) is 5.91 Å². The van der Waals surface area contributed by atoms with Crippen LogP contribution in [0, 0.1) is 11.8 Å². The monoisotopic (exact) mass is 306 g/mol. The van der Waals surface area contributed by atoms with E-state index in [2.05, 4.69) is 54.7 Å². The highest BCUT2D eigenvalue weighted by molar-refractivity contribution is 7.07. The van der Waals surface area contributed by atoms with Crippen LogP contribution in [0.4, 0.5) is 0 Å². The average Bonchev–Trinajstić information content (AvgIpc) is 3.03. The van der Waals surface area contributed by atoms with Crippen molar-refractivity contribution in [2.24, 2.45) is 11.8 Å². The molecule has 1 aliphatic carbocycles. The molecule has 1 aliphatic heterocycles. The molecule has 2 aliphatic rings. The van der Waals surface area contributed by atoms with Crippen LogP contribution in [0.3, 0.4) is 0 Å². The fourth-order valence-electron chi connectivity index (χ4n) is 3.55. The predicted octanol–water partition coefficient (Wildman–Crippen LogP) is 3.78. The zero-order chi connectivity index (χ0) is 15.2. The van der Waals surface area contributed by atoms with Crippen LogP contribution in [-0.4, -0.2) is 22.4 Å². The summed E-state index contributed by atoms with van der Waals surface area (Å²) in [7, 11) is 0. The van der Waals surface area contributed by atoms with Crippen molar-refractivity contribution >= 4 is 17.2 Å². The number of hydrogen-bond acceptors (Lipinski definition) is 3. The standard InChI is InChI=1S/C17H26N2OS/c1-11(2)9-14-16(20)19(17(3,4)13-5-6-13)15(18-14)12-7-8-21-10-12/h7-8,10-11,13-15,18H,5-6,9H2,1-4H3. The number of amides is 1. The molecule has 1 aromatic heterocycles. The van der Waals surface area contributed by atoms with E-state index in [4.69, 9.17) is 0 Å². The van der Waals surface area contributed by atoms with Gasteiger partial charge >= 0.3 is 0 Å². The number of carbonyl (C=O) groups excluding carboxylic acids is 1. The van der Waals surface area contributed by atoms with Gasteiger partial charge in [0.25, 0.3) is 0 Å². The lowest BCUT2D eigenvalue weighted by Gasteiger charge is -2.39. The molecule has 1 amide bonds. The minimum atomic E-state index is -0.0532. The number of thiophene rings is 1. The third kappa shape index (κ3) is 2.76. The summed E-state index contributed by atoms with van der Waals surface area (Å²) < 4.78 is 0. The molecule has 2 heterocycles. The van der Waals surface area contributed by atoms with E-state index in [9.17, 15) is 4.79 Å². The largest absolute Gasteiger partial charge is 0.316 e. The third-order valence-electron chi connectivity index (χ3n) is 4.92. The van der Waals surface area contributed by atoms with Gasteiger partial charge in [-0.15, -0.1) is 0 Å². The van der Waals surface area contributed by atoms with Crippen molar-refractivity contribution in [3.8, 4) is 0 Å². The second kappa shape index (κ2) is 5.40. The predicted molar refractivity (Wildman–Crippen MR) is 87.1 cm³/mol. The van der Waals surface area contributed by atoms with E-state index >= 15 is 0 Å². The molecule has 0 spiro atoms. The highest BCUT2D eigenvalue weighted by Crippen LogP contribution is 2.47. The second-order valence-corrected chi connectivity index (χ2v) is 8.22. The molecule has 4 heteroatoms. The van der Waals surface area contributed by atoms with Crippen molar-refractivity contribution < 1.29 is 4.79 Å². The van der Waals surface area contributed by atoms with Crippen LogP contribution in [0.25, 0.3) is 0 Å². The smallest absolute Gasteiger partial charge is 0.241 e. The van der Waals surface area contributed by atoms with E-state index < -0.39 is 0 Å². The highest BCUT2D eigenvalue weighted by atomic mass is 32.1. The van der Waals surface area contributed by atoms with E-state index in [0.29, 0.717) is 11.8 Å². The summed E-state index contributed by atoms with van der Waals surface area (Å²) in [4.78, 5) is 15.1. The number of nitrogens with zero attached hydrogens (tertiary/aromatic N) is 1. The lowest BCUT2D eigenvalue weighted by Crippen LogP contribution is -2.49. The second-order valence-electron chi connectivity index (χ2n) is 7.44. The Hall–Kier alpha value is -0.870. The molecule has 1 N–H and O–H groups in total. The van der Waals surface area contributed by atoms with Crippen molar-refractivity contribution in [2.45, 2.75) is 64.7 Å². The van der Waals surface area contributed by atoms with Crippen LogP contribution in [0.15, 0.2) is 16.8 Å². The van der Waals surface area contributed by atoms with E-state index in [-0.39, 0.29) is 23.7 Å². The van der Waals surface area contributed by atoms with Gasteiger partial charge in [0.05, 0.1) is 6.04 Å². The third-order valence-corrected chi connectivity index (χ3v) is 5.62. The van der Waals surface area contributed by atoms with Crippen molar-refractivity contribution in [2.75, 3.05) is 0 Å². The maximum atomic E-state index is 13.0. The summed E-state index contributed by atoms with van der Waals surface area (Å²) in [5.74, 6) is 1.47. The molecule has 1 saturated heterocycles. The SMILES string of the molecule is CC(C)CC1NC(c2ccsc2)N(C(C)(C)C2CC2)C1=O. The van der Waals surface area contributed by atoms with Gasteiger partial charge in [-0.25, -0.2) is 0 Å². The summed E-state index contributed by atoms with van der Waals surface area (Å²) in [5, 5.41) is 7.86. The number of hydrogen-bond donors (Lipinski definition) is 1. The van der Waals surface area contributed by atoms with Crippen LogP contribution < -0.4 is 5.32 Å². The number of carbonyl (C=O) groups is 1. The molecule has 21 heavy (non-hydrogen) atoms. The first kappa shape index (κ1) is 15.0. The van der Waals surface area contributed by atoms with E-state index in [1.54, 1.807) is 11.3 Å². The maximum absolute atomic E-state index is 13.0. The molecule has 2 fully saturated rings. The Morgan fingerprint density at radius 1 is 1.43 bits per heavy atom. The Kier molecular flexibility index (Phi) is 3.87. The van der Waals surface area contributed by atoms with E-state index in [1.165, 1.54) is 18.4 Å². The normalized spacial score (nSPS) is 26.9. The zero-order valence-electron chi connectivity index (χ0n) is 13.4. The first-order valence-corrected chi connectivity index (χ1v) is 8.97. The Morgan fingerprint density at radius 3 is 2.67 bits per heavy atom. The number of rotatable bonds is 5. The molecule has 3 rings (SSSR count). The van der Waals surface area contributed by atoms with Gasteiger partial charge in [0.1, 0.15) is 6.17 Å². The van der Waals surface area contributed by atoms with Gasteiger partial charge in [-0.1, -0.05) is 13.8 Å². The summed E-state index contributed by atoms with van der Waals surface area (Å²) in [5.41, 5.74) is 1.18. The van der Waals surface area contributed by atoms with Crippen LogP contribution in [0.5, 0.6) is 0 Å². The van der Waals surface area contributed by atoms with Crippen molar-refractivity contribution in [3.63, 3.8) is 0 Å². The highest BCUT2D eigenvalue weighted by Gasteiger charge is 2.52. The molecule has 2 atom stereocenters. The Balaban J connectivity index is 1.90. The minimum absolute atomic E-state index is 0.0343. The van der Waals surface area contributed by atoms with Gasteiger partial charge < -0.3 is 4.90 Å². The van der Waals surface area contributed by atoms with Gasteiger partial charge in [-0.05, 0) is 67.3 Å². The Bertz CT molecular complexity index is 505. The van der Waals surface area contributed by atoms with Crippen LogP contribution in [0.1, 0.15) is 58.7 Å². The van der Waals surface area contributed by atoms with Gasteiger partial charge in [-0.3, -0.25) is 10.1 Å². The molecule has 0 radical (unpaired) electrons. The number of nitrogens with one attached hydrogen (secondary N) is 1. The molecule has 2 unspecified atom stereocenters. The first-order chi connectivity index (χ1) is 9.91. The molecule has 1 saturated carbocycles. The average molecular weight is 306 g/mol.